The summed E-state index contributed by atoms with van der Waals surface area (Å²) in [5.74, 6) is 0. The topological polar surface area (TPSA) is 20.2 Å². The van der Waals surface area contributed by atoms with Crippen molar-refractivity contribution in [2.45, 2.75) is 6.42 Å². The monoisotopic (exact) mass is 168 g/mol. The third-order valence-corrected chi connectivity index (χ3v) is 1.58. The van der Waals surface area contributed by atoms with Crippen LogP contribution in [0.25, 0.3) is 0 Å². The maximum atomic E-state index is 8.38. The van der Waals surface area contributed by atoms with Crippen molar-refractivity contribution in [2.75, 3.05) is 0 Å². The summed E-state index contributed by atoms with van der Waals surface area (Å²) < 4.78 is 0. The van der Waals surface area contributed by atoms with E-state index in [1.165, 1.54) is 0 Å². The van der Waals surface area contributed by atoms with E-state index in [0.717, 1.165) is 23.3 Å². The molecule has 58 valence electrons. The Labute approximate surface area is 70.9 Å². The van der Waals surface area contributed by atoms with Gasteiger partial charge in [-0.05, 0) is 30.2 Å². The van der Waals surface area contributed by atoms with Crippen LogP contribution in [0.1, 0.15) is 5.56 Å². The van der Waals surface area contributed by atoms with Crippen molar-refractivity contribution in [3.8, 4) is 0 Å². The quantitative estimate of drug-likeness (QED) is 0.674. The molecule has 0 fully saturated rings. The van der Waals surface area contributed by atoms with E-state index in [0.29, 0.717) is 0 Å². The van der Waals surface area contributed by atoms with Crippen LogP contribution in [0.15, 0.2) is 36.6 Å². The second kappa shape index (κ2) is 4.04. The highest BCUT2D eigenvalue weighted by molar-refractivity contribution is 6.30. The molecule has 0 bridgehead atoms. The highest BCUT2D eigenvalue weighted by Crippen LogP contribution is 2.10. The van der Waals surface area contributed by atoms with E-state index in [1.807, 2.05) is 24.3 Å². The Balaban J connectivity index is 2.71. The van der Waals surface area contributed by atoms with Gasteiger partial charge in [-0.2, -0.15) is 0 Å². The summed E-state index contributed by atoms with van der Waals surface area (Å²) in [5.41, 5.74) is 1.10. The van der Waals surface area contributed by atoms with E-state index in [-0.39, 0.29) is 0 Å². The summed E-state index contributed by atoms with van der Waals surface area (Å²) in [6.45, 7) is 0. The fourth-order valence-electron chi connectivity index (χ4n) is 0.853. The molecule has 0 aromatic heterocycles. The minimum atomic E-state index is 0.719. The first-order chi connectivity index (χ1) is 5.33. The summed E-state index contributed by atoms with van der Waals surface area (Å²) in [7, 11) is 0. The SMILES string of the molecule is OC=CCc1cccc(Cl)c1. The van der Waals surface area contributed by atoms with E-state index in [9.17, 15) is 0 Å². The van der Waals surface area contributed by atoms with Crippen LogP contribution in [-0.4, -0.2) is 5.11 Å². The molecular formula is C9H9ClO. The van der Waals surface area contributed by atoms with E-state index in [4.69, 9.17) is 16.7 Å². The first-order valence-corrected chi connectivity index (χ1v) is 3.74. The van der Waals surface area contributed by atoms with Crippen LogP contribution in [0, 0.1) is 0 Å². The Hall–Kier alpha value is -0.950. The summed E-state index contributed by atoms with van der Waals surface area (Å²) >= 11 is 5.74. The maximum absolute atomic E-state index is 8.38. The third-order valence-electron chi connectivity index (χ3n) is 1.35. The summed E-state index contributed by atoms with van der Waals surface area (Å²) in [5, 5.41) is 9.11. The molecule has 0 aliphatic heterocycles. The zero-order valence-electron chi connectivity index (χ0n) is 6.00. The molecule has 1 aromatic carbocycles. The van der Waals surface area contributed by atoms with Crippen molar-refractivity contribution in [1.82, 2.24) is 0 Å². The lowest BCUT2D eigenvalue weighted by Gasteiger charge is -1.95. The summed E-state index contributed by atoms with van der Waals surface area (Å²) in [6.07, 6.45) is 3.43. The van der Waals surface area contributed by atoms with Crippen LogP contribution in [0.2, 0.25) is 5.02 Å². The van der Waals surface area contributed by atoms with E-state index >= 15 is 0 Å². The van der Waals surface area contributed by atoms with Gasteiger partial charge >= 0.3 is 0 Å². The predicted molar refractivity (Wildman–Crippen MR) is 46.9 cm³/mol. The Morgan fingerprint density at radius 3 is 2.91 bits per heavy atom. The fraction of sp³-hybridized carbons (Fsp3) is 0.111. The first kappa shape index (κ1) is 8.15. The van der Waals surface area contributed by atoms with Gasteiger partial charge in [0.1, 0.15) is 0 Å². The van der Waals surface area contributed by atoms with Gasteiger partial charge < -0.3 is 5.11 Å². The average molecular weight is 169 g/mol. The molecule has 2 heteroatoms. The second-order valence-electron chi connectivity index (χ2n) is 2.22. The molecule has 0 aliphatic rings. The van der Waals surface area contributed by atoms with E-state index < -0.39 is 0 Å². The molecule has 1 aromatic rings. The lowest BCUT2D eigenvalue weighted by Crippen LogP contribution is -1.78. The van der Waals surface area contributed by atoms with Crippen LogP contribution in [0.4, 0.5) is 0 Å². The molecule has 1 nitrogen and oxygen atoms in total. The minimum absolute atomic E-state index is 0.719. The van der Waals surface area contributed by atoms with Crippen LogP contribution >= 0.6 is 11.6 Å². The number of benzene rings is 1. The molecule has 0 spiro atoms. The molecule has 0 unspecified atom stereocenters. The maximum Gasteiger partial charge on any atom is 0.0755 e. The molecule has 1 N–H and O–H groups in total. The van der Waals surface area contributed by atoms with Gasteiger partial charge in [0.15, 0.2) is 0 Å². The third kappa shape index (κ3) is 2.64. The lowest BCUT2D eigenvalue weighted by molar-refractivity contribution is 0.471. The second-order valence-corrected chi connectivity index (χ2v) is 2.66. The molecule has 11 heavy (non-hydrogen) atoms. The van der Waals surface area contributed by atoms with Gasteiger partial charge in [0.2, 0.25) is 0 Å². The summed E-state index contributed by atoms with van der Waals surface area (Å²) in [6, 6.07) is 7.56. The van der Waals surface area contributed by atoms with Crippen molar-refractivity contribution >= 4 is 11.6 Å². The number of halogens is 1. The van der Waals surface area contributed by atoms with E-state index in [1.54, 1.807) is 6.08 Å². The van der Waals surface area contributed by atoms with Crippen molar-refractivity contribution in [1.29, 1.82) is 0 Å². The normalized spacial score (nSPS) is 10.6. The van der Waals surface area contributed by atoms with Gasteiger partial charge in [0.05, 0.1) is 6.26 Å². The number of rotatable bonds is 2. The predicted octanol–water partition coefficient (Wildman–Crippen LogP) is 2.95. The molecule has 0 radical (unpaired) electrons. The molecule has 0 saturated heterocycles. The summed E-state index contributed by atoms with van der Waals surface area (Å²) in [4.78, 5) is 0. The lowest BCUT2D eigenvalue weighted by atomic mass is 10.1. The van der Waals surface area contributed by atoms with Crippen molar-refractivity contribution in [3.63, 3.8) is 0 Å². The molecule has 1 rings (SSSR count). The molecule has 0 amide bonds. The van der Waals surface area contributed by atoms with Crippen molar-refractivity contribution < 1.29 is 5.11 Å². The van der Waals surface area contributed by atoms with Gasteiger partial charge in [0.25, 0.3) is 0 Å². The number of hydrogen-bond donors (Lipinski definition) is 1. The first-order valence-electron chi connectivity index (χ1n) is 3.36. The average Bonchev–Trinajstić information content (AvgIpc) is 2.01. The smallest absolute Gasteiger partial charge is 0.0755 e. The molecule has 0 saturated carbocycles. The van der Waals surface area contributed by atoms with Crippen molar-refractivity contribution in [3.05, 3.63) is 47.2 Å². The molecular weight excluding hydrogens is 160 g/mol. The Bertz CT molecular complexity index is 255. The Morgan fingerprint density at radius 1 is 1.45 bits per heavy atom. The number of aliphatic hydroxyl groups excluding tert-OH is 1. The Morgan fingerprint density at radius 2 is 2.27 bits per heavy atom. The van der Waals surface area contributed by atoms with Crippen LogP contribution in [0.5, 0.6) is 0 Å². The van der Waals surface area contributed by atoms with Crippen LogP contribution in [0.3, 0.4) is 0 Å². The molecule has 0 atom stereocenters. The number of hydrogen-bond acceptors (Lipinski definition) is 1. The minimum Gasteiger partial charge on any atom is -0.516 e. The number of allylic oxidation sites excluding steroid dienone is 1. The zero-order valence-corrected chi connectivity index (χ0v) is 6.75. The zero-order chi connectivity index (χ0) is 8.10. The van der Waals surface area contributed by atoms with Crippen molar-refractivity contribution in [2.24, 2.45) is 0 Å². The fourth-order valence-corrected chi connectivity index (χ4v) is 1.07. The highest BCUT2D eigenvalue weighted by atomic mass is 35.5. The van der Waals surface area contributed by atoms with Gasteiger partial charge in [0, 0.05) is 5.02 Å². The number of aliphatic hydroxyl groups is 1. The van der Waals surface area contributed by atoms with Crippen LogP contribution < -0.4 is 0 Å². The van der Waals surface area contributed by atoms with Gasteiger partial charge in [-0.25, -0.2) is 0 Å². The largest absolute Gasteiger partial charge is 0.516 e. The molecule has 0 heterocycles. The standard InChI is InChI=1S/C9H9ClO/c10-9-5-1-3-8(7-9)4-2-6-11/h1-3,5-7,11H,4H2. The van der Waals surface area contributed by atoms with Crippen LogP contribution in [-0.2, 0) is 6.42 Å². The van der Waals surface area contributed by atoms with E-state index in [2.05, 4.69) is 0 Å². The van der Waals surface area contributed by atoms with Gasteiger partial charge in [-0.3, -0.25) is 0 Å². The highest BCUT2D eigenvalue weighted by Gasteiger charge is 1.89. The van der Waals surface area contributed by atoms with Gasteiger partial charge in [-0.15, -0.1) is 0 Å². The van der Waals surface area contributed by atoms with Gasteiger partial charge in [-0.1, -0.05) is 23.7 Å². The Kier molecular flexibility index (Phi) is 2.99. The molecule has 0 aliphatic carbocycles.